The molecule has 0 aromatic heterocycles. The van der Waals surface area contributed by atoms with Crippen LogP contribution in [0.2, 0.25) is 0 Å². The Balaban J connectivity index is 2.89. The fourth-order valence-electron chi connectivity index (χ4n) is 1.71. The molecular formula is C13H15F2N3O. The zero-order chi connectivity index (χ0) is 14.6. The normalized spacial score (nSPS) is 12.2. The van der Waals surface area contributed by atoms with Gasteiger partial charge in [-0.1, -0.05) is 13.8 Å². The van der Waals surface area contributed by atoms with E-state index in [1.165, 1.54) is 0 Å². The second kappa shape index (κ2) is 6.25. The van der Waals surface area contributed by atoms with Crippen LogP contribution in [-0.4, -0.2) is 11.9 Å². The summed E-state index contributed by atoms with van der Waals surface area (Å²) in [5.41, 5.74) is 4.89. The van der Waals surface area contributed by atoms with E-state index in [-0.39, 0.29) is 23.6 Å². The van der Waals surface area contributed by atoms with E-state index in [0.29, 0.717) is 0 Å². The molecule has 0 radical (unpaired) electrons. The molecule has 0 aliphatic carbocycles. The molecule has 0 spiro atoms. The van der Waals surface area contributed by atoms with Crippen molar-refractivity contribution < 1.29 is 13.6 Å². The fourth-order valence-corrected chi connectivity index (χ4v) is 1.71. The molecule has 102 valence electrons. The lowest BCUT2D eigenvalue weighted by molar-refractivity contribution is -0.121. The molecule has 1 amide bonds. The monoisotopic (exact) mass is 267 g/mol. The van der Waals surface area contributed by atoms with Crippen LogP contribution in [0.3, 0.4) is 0 Å². The van der Waals surface area contributed by atoms with Gasteiger partial charge in [0.25, 0.3) is 0 Å². The number of amides is 1. The molecule has 4 nitrogen and oxygen atoms in total. The summed E-state index contributed by atoms with van der Waals surface area (Å²) in [6, 6.07) is 2.90. The highest BCUT2D eigenvalue weighted by Gasteiger charge is 2.20. The van der Waals surface area contributed by atoms with Crippen molar-refractivity contribution in [3.05, 3.63) is 34.9 Å². The first kappa shape index (κ1) is 15.1. The Labute approximate surface area is 110 Å². The minimum absolute atomic E-state index is 0.0888. The molecule has 1 rings (SSSR count). The fraction of sp³-hybridized carbons (Fsp3) is 0.385. The summed E-state index contributed by atoms with van der Waals surface area (Å²) in [5.74, 6) is -2.32. The smallest absolute Gasteiger partial charge is 0.234 e. The van der Waals surface area contributed by atoms with Crippen molar-refractivity contribution in [3.8, 4) is 6.07 Å². The van der Waals surface area contributed by atoms with Gasteiger partial charge in [-0.2, -0.15) is 5.26 Å². The number of nitrogens with one attached hydrogen (secondary N) is 1. The lowest BCUT2D eigenvalue weighted by Crippen LogP contribution is -2.44. The van der Waals surface area contributed by atoms with E-state index in [4.69, 9.17) is 11.0 Å². The summed E-state index contributed by atoms with van der Waals surface area (Å²) in [7, 11) is 0. The SMILES string of the molecule is CC(C)C(NCc1c(F)cc(C#N)cc1F)C(N)=O. The first-order chi connectivity index (χ1) is 8.86. The largest absolute Gasteiger partial charge is 0.368 e. The van der Waals surface area contributed by atoms with Gasteiger partial charge in [0.05, 0.1) is 17.7 Å². The molecule has 0 bridgehead atoms. The van der Waals surface area contributed by atoms with E-state index in [1.807, 2.05) is 0 Å². The molecule has 6 heteroatoms. The van der Waals surface area contributed by atoms with E-state index in [2.05, 4.69) is 5.32 Å². The second-order valence-corrected chi connectivity index (χ2v) is 4.54. The summed E-state index contributed by atoms with van der Waals surface area (Å²) in [6.07, 6.45) is 0. The third-order valence-electron chi connectivity index (χ3n) is 2.74. The number of hydrogen-bond donors (Lipinski definition) is 2. The summed E-state index contributed by atoms with van der Waals surface area (Å²) in [6.45, 7) is 3.37. The van der Waals surface area contributed by atoms with Crippen molar-refractivity contribution in [1.29, 1.82) is 5.26 Å². The van der Waals surface area contributed by atoms with Gasteiger partial charge >= 0.3 is 0 Å². The average Bonchev–Trinajstić information content (AvgIpc) is 2.31. The van der Waals surface area contributed by atoms with Gasteiger partial charge in [0.15, 0.2) is 0 Å². The predicted octanol–water partition coefficient (Wildman–Crippen LogP) is 1.44. The Morgan fingerprint density at radius 1 is 1.42 bits per heavy atom. The van der Waals surface area contributed by atoms with Crippen molar-refractivity contribution in [2.75, 3.05) is 0 Å². The first-order valence-corrected chi connectivity index (χ1v) is 5.77. The van der Waals surface area contributed by atoms with Crippen molar-refractivity contribution in [2.24, 2.45) is 11.7 Å². The molecule has 3 N–H and O–H groups in total. The summed E-state index contributed by atoms with van der Waals surface area (Å²) in [4.78, 5) is 11.2. The number of carbonyl (C=O) groups is 1. The van der Waals surface area contributed by atoms with Crippen molar-refractivity contribution >= 4 is 5.91 Å². The van der Waals surface area contributed by atoms with E-state index >= 15 is 0 Å². The second-order valence-electron chi connectivity index (χ2n) is 4.54. The van der Waals surface area contributed by atoms with E-state index in [0.717, 1.165) is 12.1 Å². The van der Waals surface area contributed by atoms with Crippen molar-refractivity contribution in [1.82, 2.24) is 5.32 Å². The summed E-state index contributed by atoms with van der Waals surface area (Å²) >= 11 is 0. The van der Waals surface area contributed by atoms with Crippen LogP contribution in [0.4, 0.5) is 8.78 Å². The lowest BCUT2D eigenvalue weighted by Gasteiger charge is -2.19. The molecule has 1 unspecified atom stereocenters. The van der Waals surface area contributed by atoms with Gasteiger partial charge in [0.1, 0.15) is 11.6 Å². The minimum atomic E-state index is -0.823. The maximum absolute atomic E-state index is 13.6. The average molecular weight is 267 g/mol. The van der Waals surface area contributed by atoms with Gasteiger partial charge < -0.3 is 11.1 Å². The number of nitriles is 1. The number of nitrogens with two attached hydrogens (primary N) is 1. The van der Waals surface area contributed by atoms with Gasteiger partial charge in [0.2, 0.25) is 5.91 Å². The Bertz CT molecular complexity index is 500. The summed E-state index contributed by atoms with van der Waals surface area (Å²) in [5, 5.41) is 11.3. The minimum Gasteiger partial charge on any atom is -0.368 e. The topological polar surface area (TPSA) is 78.9 Å². The van der Waals surface area contributed by atoms with Crippen LogP contribution in [0.25, 0.3) is 0 Å². The van der Waals surface area contributed by atoms with E-state index in [9.17, 15) is 13.6 Å². The highest BCUT2D eigenvalue weighted by Crippen LogP contribution is 2.15. The van der Waals surface area contributed by atoms with Crippen LogP contribution in [0, 0.1) is 28.9 Å². The zero-order valence-corrected chi connectivity index (χ0v) is 10.7. The molecule has 0 aliphatic heterocycles. The number of halogens is 2. The Kier molecular flexibility index (Phi) is 4.95. The van der Waals surface area contributed by atoms with E-state index < -0.39 is 23.6 Å². The molecule has 0 saturated heterocycles. The van der Waals surface area contributed by atoms with Crippen LogP contribution in [0.15, 0.2) is 12.1 Å². The maximum Gasteiger partial charge on any atom is 0.234 e. The van der Waals surface area contributed by atoms with Crippen LogP contribution in [-0.2, 0) is 11.3 Å². The number of carbonyl (C=O) groups excluding carboxylic acids is 1. The zero-order valence-electron chi connectivity index (χ0n) is 10.7. The van der Waals surface area contributed by atoms with Crippen molar-refractivity contribution in [2.45, 2.75) is 26.4 Å². The van der Waals surface area contributed by atoms with Crippen LogP contribution >= 0.6 is 0 Å². The molecule has 0 fully saturated rings. The molecule has 1 aromatic rings. The standard InChI is InChI=1S/C13H15F2N3O/c1-7(2)12(13(17)19)18-6-9-10(14)3-8(5-16)4-11(9)15/h3-4,7,12,18H,6H2,1-2H3,(H2,17,19). The van der Waals surface area contributed by atoms with Gasteiger partial charge in [-0.05, 0) is 18.1 Å². The third-order valence-corrected chi connectivity index (χ3v) is 2.74. The number of primary amides is 1. The first-order valence-electron chi connectivity index (χ1n) is 5.77. The van der Waals surface area contributed by atoms with Crippen molar-refractivity contribution in [3.63, 3.8) is 0 Å². The Hall–Kier alpha value is -2.00. The number of hydrogen-bond acceptors (Lipinski definition) is 3. The number of nitrogens with zero attached hydrogens (tertiary/aromatic N) is 1. The molecule has 1 atom stereocenters. The van der Waals surface area contributed by atoms with E-state index in [1.54, 1.807) is 19.9 Å². The van der Waals surface area contributed by atoms with Gasteiger partial charge in [-0.15, -0.1) is 0 Å². The summed E-state index contributed by atoms with van der Waals surface area (Å²) < 4.78 is 27.2. The lowest BCUT2D eigenvalue weighted by atomic mass is 10.0. The van der Waals surface area contributed by atoms with Crippen LogP contribution in [0.5, 0.6) is 0 Å². The third kappa shape index (κ3) is 3.73. The number of benzene rings is 1. The molecule has 1 aromatic carbocycles. The van der Waals surface area contributed by atoms with Gasteiger partial charge in [-0.25, -0.2) is 8.78 Å². The molecule has 19 heavy (non-hydrogen) atoms. The predicted molar refractivity (Wildman–Crippen MR) is 65.7 cm³/mol. The highest BCUT2D eigenvalue weighted by molar-refractivity contribution is 5.80. The van der Waals surface area contributed by atoms with Gasteiger partial charge in [-0.3, -0.25) is 4.79 Å². The Morgan fingerprint density at radius 2 is 1.95 bits per heavy atom. The maximum atomic E-state index is 13.6. The van der Waals surface area contributed by atoms with Crippen LogP contribution in [0.1, 0.15) is 25.0 Å². The van der Waals surface area contributed by atoms with Gasteiger partial charge in [0, 0.05) is 12.1 Å². The highest BCUT2D eigenvalue weighted by atomic mass is 19.1. The molecule has 0 heterocycles. The number of rotatable bonds is 5. The molecule has 0 saturated carbocycles. The Morgan fingerprint density at radius 3 is 2.32 bits per heavy atom. The molecule has 0 aliphatic rings. The molecular weight excluding hydrogens is 252 g/mol. The van der Waals surface area contributed by atoms with Crippen LogP contribution < -0.4 is 11.1 Å². The quantitative estimate of drug-likeness (QED) is 0.847.